The van der Waals surface area contributed by atoms with Crippen molar-refractivity contribution in [2.75, 3.05) is 6.54 Å². The number of primary amides is 1. The molecule has 142 valence electrons. The van der Waals surface area contributed by atoms with E-state index in [1.165, 1.54) is 44.9 Å². The molecule has 0 saturated heterocycles. The summed E-state index contributed by atoms with van der Waals surface area (Å²) in [6, 6.07) is 3.63. The zero-order valence-electron chi connectivity index (χ0n) is 15.7. The number of hydrogen-bond donors (Lipinski definition) is 1. The topological polar surface area (TPSA) is 76.5 Å². The van der Waals surface area contributed by atoms with Crippen LogP contribution in [0.25, 0.3) is 0 Å². The molecule has 0 unspecified atom stereocenters. The van der Waals surface area contributed by atoms with E-state index >= 15 is 0 Å². The molecule has 5 heteroatoms. The lowest BCUT2D eigenvalue weighted by Gasteiger charge is -2.21. The van der Waals surface area contributed by atoms with Crippen molar-refractivity contribution in [2.24, 2.45) is 5.73 Å². The first-order valence-corrected chi connectivity index (χ1v) is 9.72. The van der Waals surface area contributed by atoms with Gasteiger partial charge in [0, 0.05) is 19.4 Å². The predicted octanol–water partition coefficient (Wildman–Crippen LogP) is 4.40. The average Bonchev–Trinajstić information content (AvgIpc) is 3.09. The molecule has 25 heavy (non-hydrogen) atoms. The number of rotatable bonds is 15. The molecular formula is C20H34N2O3. The number of amides is 2. The lowest BCUT2D eigenvalue weighted by atomic mass is 10.1. The van der Waals surface area contributed by atoms with E-state index in [1.54, 1.807) is 17.2 Å². The van der Waals surface area contributed by atoms with E-state index in [0.29, 0.717) is 19.5 Å². The lowest BCUT2D eigenvalue weighted by molar-refractivity contribution is -0.132. The van der Waals surface area contributed by atoms with Gasteiger partial charge in [0.1, 0.15) is 5.76 Å². The summed E-state index contributed by atoms with van der Waals surface area (Å²) in [5, 5.41) is 0. The van der Waals surface area contributed by atoms with Crippen molar-refractivity contribution in [2.45, 2.75) is 84.1 Å². The molecule has 1 heterocycles. The maximum absolute atomic E-state index is 12.4. The van der Waals surface area contributed by atoms with Gasteiger partial charge in [0.25, 0.3) is 0 Å². The standard InChI is InChI=1S/C20H34N2O3/c1-2-3-4-5-6-7-8-9-10-13-20(24)22(15-14-19(21)23)17-18-12-11-16-25-18/h11-12,16H,2-10,13-15,17H2,1H3,(H2,21,23). The molecule has 0 radical (unpaired) electrons. The Bertz CT molecular complexity index is 471. The highest BCUT2D eigenvalue weighted by Crippen LogP contribution is 2.13. The zero-order chi connectivity index (χ0) is 18.3. The Balaban J connectivity index is 2.21. The van der Waals surface area contributed by atoms with Crippen LogP contribution in [0.1, 0.15) is 83.3 Å². The summed E-state index contributed by atoms with van der Waals surface area (Å²) in [5.41, 5.74) is 5.21. The van der Waals surface area contributed by atoms with Gasteiger partial charge in [-0.25, -0.2) is 0 Å². The number of hydrogen-bond acceptors (Lipinski definition) is 3. The van der Waals surface area contributed by atoms with Gasteiger partial charge in [0.15, 0.2) is 0 Å². The van der Waals surface area contributed by atoms with Gasteiger partial charge in [-0.1, -0.05) is 58.3 Å². The van der Waals surface area contributed by atoms with Crippen molar-refractivity contribution in [3.8, 4) is 0 Å². The second-order valence-electron chi connectivity index (χ2n) is 6.69. The molecule has 0 aliphatic carbocycles. The van der Waals surface area contributed by atoms with E-state index in [4.69, 9.17) is 10.2 Å². The van der Waals surface area contributed by atoms with Crippen LogP contribution < -0.4 is 5.73 Å². The van der Waals surface area contributed by atoms with Crippen LogP contribution in [-0.4, -0.2) is 23.3 Å². The summed E-state index contributed by atoms with van der Waals surface area (Å²) in [6.45, 7) is 2.98. The highest BCUT2D eigenvalue weighted by atomic mass is 16.3. The van der Waals surface area contributed by atoms with Crippen molar-refractivity contribution >= 4 is 11.8 Å². The molecule has 1 aromatic rings. The fraction of sp³-hybridized carbons (Fsp3) is 0.700. The van der Waals surface area contributed by atoms with E-state index in [0.717, 1.165) is 18.6 Å². The number of carbonyl (C=O) groups excluding carboxylic acids is 2. The van der Waals surface area contributed by atoms with Crippen LogP contribution >= 0.6 is 0 Å². The van der Waals surface area contributed by atoms with Gasteiger partial charge in [-0.2, -0.15) is 0 Å². The van der Waals surface area contributed by atoms with Crippen LogP contribution in [0.15, 0.2) is 22.8 Å². The molecule has 2 amide bonds. The zero-order valence-corrected chi connectivity index (χ0v) is 15.7. The molecule has 0 aliphatic rings. The molecule has 2 N–H and O–H groups in total. The largest absolute Gasteiger partial charge is 0.467 e. The second-order valence-corrected chi connectivity index (χ2v) is 6.69. The third-order valence-electron chi connectivity index (χ3n) is 4.40. The maximum Gasteiger partial charge on any atom is 0.222 e. The summed E-state index contributed by atoms with van der Waals surface area (Å²) in [5.74, 6) is 0.408. The first-order chi connectivity index (χ1) is 12.1. The molecule has 0 aromatic carbocycles. The third kappa shape index (κ3) is 10.6. The molecule has 1 rings (SSSR count). The summed E-state index contributed by atoms with van der Waals surface area (Å²) < 4.78 is 5.31. The van der Waals surface area contributed by atoms with E-state index < -0.39 is 0 Å². The molecular weight excluding hydrogens is 316 g/mol. The molecule has 0 atom stereocenters. The highest BCUT2D eigenvalue weighted by Gasteiger charge is 2.15. The summed E-state index contributed by atoms with van der Waals surface area (Å²) in [4.78, 5) is 25.1. The lowest BCUT2D eigenvalue weighted by Crippen LogP contribution is -2.33. The fourth-order valence-electron chi connectivity index (χ4n) is 2.87. The number of unbranched alkanes of at least 4 members (excludes halogenated alkanes) is 8. The van der Waals surface area contributed by atoms with Gasteiger partial charge >= 0.3 is 0 Å². The maximum atomic E-state index is 12.4. The van der Waals surface area contributed by atoms with Crippen LogP contribution in [0, 0.1) is 0 Å². The number of furan rings is 1. The number of nitrogens with two attached hydrogens (primary N) is 1. The number of nitrogens with zero attached hydrogens (tertiary/aromatic N) is 1. The number of carbonyl (C=O) groups is 2. The minimum absolute atomic E-state index is 0.0700. The SMILES string of the molecule is CCCCCCCCCCCC(=O)N(CCC(N)=O)Cc1ccco1. The van der Waals surface area contributed by atoms with Gasteiger partial charge in [0.2, 0.25) is 11.8 Å². The quantitative estimate of drug-likeness (QED) is 0.476. The van der Waals surface area contributed by atoms with Gasteiger partial charge in [-0.15, -0.1) is 0 Å². The Hall–Kier alpha value is -1.78. The average molecular weight is 351 g/mol. The second kappa shape index (κ2) is 13.5. The van der Waals surface area contributed by atoms with Gasteiger partial charge < -0.3 is 15.1 Å². The van der Waals surface area contributed by atoms with Crippen molar-refractivity contribution in [3.63, 3.8) is 0 Å². The fourth-order valence-corrected chi connectivity index (χ4v) is 2.87. The van der Waals surface area contributed by atoms with Crippen molar-refractivity contribution < 1.29 is 14.0 Å². The van der Waals surface area contributed by atoms with Gasteiger partial charge in [0.05, 0.1) is 12.8 Å². The molecule has 5 nitrogen and oxygen atoms in total. The van der Waals surface area contributed by atoms with Crippen molar-refractivity contribution in [1.29, 1.82) is 0 Å². The van der Waals surface area contributed by atoms with E-state index in [2.05, 4.69) is 6.92 Å². The van der Waals surface area contributed by atoms with Crippen LogP contribution in [-0.2, 0) is 16.1 Å². The first-order valence-electron chi connectivity index (χ1n) is 9.72. The van der Waals surface area contributed by atoms with Crippen molar-refractivity contribution in [3.05, 3.63) is 24.2 Å². The van der Waals surface area contributed by atoms with E-state index in [9.17, 15) is 9.59 Å². The highest BCUT2D eigenvalue weighted by molar-refractivity contribution is 5.78. The summed E-state index contributed by atoms with van der Waals surface area (Å²) in [7, 11) is 0. The minimum atomic E-state index is -0.389. The van der Waals surface area contributed by atoms with Crippen LogP contribution in [0.2, 0.25) is 0 Å². The van der Waals surface area contributed by atoms with E-state index in [1.807, 2.05) is 6.07 Å². The molecule has 0 fully saturated rings. The molecule has 0 aliphatic heterocycles. The normalized spacial score (nSPS) is 10.8. The molecule has 1 aromatic heterocycles. The predicted molar refractivity (Wildman–Crippen MR) is 99.8 cm³/mol. The minimum Gasteiger partial charge on any atom is -0.467 e. The van der Waals surface area contributed by atoms with Crippen LogP contribution in [0.5, 0.6) is 0 Å². The molecule has 0 spiro atoms. The Kier molecular flexibility index (Phi) is 11.5. The Morgan fingerprint density at radius 3 is 2.20 bits per heavy atom. The monoisotopic (exact) mass is 350 g/mol. The van der Waals surface area contributed by atoms with Gasteiger partial charge in [-0.05, 0) is 18.6 Å². The van der Waals surface area contributed by atoms with E-state index in [-0.39, 0.29) is 18.2 Å². The first kappa shape index (κ1) is 21.3. The smallest absolute Gasteiger partial charge is 0.222 e. The Morgan fingerprint density at radius 2 is 1.64 bits per heavy atom. The van der Waals surface area contributed by atoms with Crippen LogP contribution in [0.3, 0.4) is 0 Å². The third-order valence-corrected chi connectivity index (χ3v) is 4.40. The molecule has 0 bridgehead atoms. The van der Waals surface area contributed by atoms with Crippen molar-refractivity contribution in [1.82, 2.24) is 4.90 Å². The Labute approximate surface area is 151 Å². The van der Waals surface area contributed by atoms with Crippen LogP contribution in [0.4, 0.5) is 0 Å². The summed E-state index contributed by atoms with van der Waals surface area (Å²) >= 11 is 0. The Morgan fingerprint density at radius 1 is 1.00 bits per heavy atom. The summed E-state index contributed by atoms with van der Waals surface area (Å²) in [6.07, 6.45) is 13.3. The van der Waals surface area contributed by atoms with Gasteiger partial charge in [-0.3, -0.25) is 9.59 Å². The molecule has 0 saturated carbocycles.